The molecule has 1 atom stereocenters. The number of thiazole rings is 1. The fraction of sp³-hybridized carbons (Fsp3) is 0.161. The monoisotopic (exact) mass is 535 g/mol. The molecule has 0 aliphatic heterocycles. The number of amides is 1. The molecule has 5 aromatic rings. The van der Waals surface area contributed by atoms with Gasteiger partial charge in [-0.15, -0.1) is 11.3 Å². The van der Waals surface area contributed by atoms with Gasteiger partial charge < -0.3 is 5.32 Å². The van der Waals surface area contributed by atoms with E-state index in [9.17, 15) is 19.3 Å². The van der Waals surface area contributed by atoms with Crippen molar-refractivity contribution in [1.29, 1.82) is 0 Å². The maximum absolute atomic E-state index is 14.4. The Bertz CT molecular complexity index is 1790. The largest absolute Gasteiger partial charge is 0.301 e. The zero-order chi connectivity index (χ0) is 26.9. The van der Waals surface area contributed by atoms with Gasteiger partial charge in [-0.1, -0.05) is 72.8 Å². The molecule has 0 radical (unpaired) electrons. The van der Waals surface area contributed by atoms with Crippen LogP contribution in [0, 0.1) is 21.3 Å². The lowest BCUT2D eigenvalue weighted by Gasteiger charge is -2.52. The van der Waals surface area contributed by atoms with Crippen molar-refractivity contribution in [3.05, 3.63) is 128 Å². The zero-order valence-corrected chi connectivity index (χ0v) is 21.7. The molecular formula is C31H22FN3O3S. The Morgan fingerprint density at radius 1 is 0.974 bits per heavy atom. The SMILES string of the molecule is CC1(C(=O)Nc2nc(-c3ccc(F)c4ccccc34)cs2)CC2([N+](=O)[O-])c3ccccc3C1c1ccccc12. The summed E-state index contributed by atoms with van der Waals surface area (Å²) in [5.41, 5.74) is 1.72. The van der Waals surface area contributed by atoms with Gasteiger partial charge in [-0.25, -0.2) is 9.37 Å². The molecule has 0 spiro atoms. The van der Waals surface area contributed by atoms with Crippen molar-refractivity contribution in [3.8, 4) is 11.3 Å². The Morgan fingerprint density at radius 3 is 2.26 bits per heavy atom. The molecule has 1 aromatic heterocycles. The number of fused-ring (bicyclic) bond motifs is 2. The van der Waals surface area contributed by atoms with Crippen LogP contribution in [0.25, 0.3) is 22.0 Å². The van der Waals surface area contributed by atoms with Crippen molar-refractivity contribution in [2.75, 3.05) is 5.32 Å². The number of carbonyl (C=O) groups is 1. The van der Waals surface area contributed by atoms with Gasteiger partial charge in [0.2, 0.25) is 5.91 Å². The second-order valence-corrected chi connectivity index (χ2v) is 11.3. The minimum Gasteiger partial charge on any atom is -0.301 e. The second-order valence-electron chi connectivity index (χ2n) is 10.5. The van der Waals surface area contributed by atoms with Gasteiger partial charge >= 0.3 is 0 Å². The first-order valence-corrected chi connectivity index (χ1v) is 13.5. The topological polar surface area (TPSA) is 85.1 Å². The van der Waals surface area contributed by atoms with Gasteiger partial charge in [0.25, 0.3) is 5.54 Å². The van der Waals surface area contributed by atoms with E-state index < -0.39 is 11.0 Å². The van der Waals surface area contributed by atoms with E-state index in [0.29, 0.717) is 27.3 Å². The van der Waals surface area contributed by atoms with Crippen LogP contribution in [0.4, 0.5) is 9.52 Å². The van der Waals surface area contributed by atoms with E-state index in [1.54, 1.807) is 18.2 Å². The standard InChI is InChI=1S/C31H22FN3O3S/c1-30(17-31(35(37)38)23-12-6-4-10-21(23)27(30)22-11-5-7-13-24(22)31)28(36)34-29-33-26(16-39-29)20-14-15-25(32)19-9-3-2-8-18(19)20/h2-16,27H,17H2,1H3,(H,33,34,36). The number of benzene rings is 4. The summed E-state index contributed by atoms with van der Waals surface area (Å²) < 4.78 is 14.4. The summed E-state index contributed by atoms with van der Waals surface area (Å²) in [7, 11) is 0. The van der Waals surface area contributed by atoms with Crippen LogP contribution >= 0.6 is 11.3 Å². The third-order valence-corrected chi connectivity index (χ3v) is 9.15. The fourth-order valence-electron chi connectivity index (χ4n) is 6.73. The number of nitrogens with one attached hydrogen (secondary N) is 1. The summed E-state index contributed by atoms with van der Waals surface area (Å²) in [6, 6.07) is 25.1. The van der Waals surface area contributed by atoms with Crippen molar-refractivity contribution in [2.45, 2.75) is 24.8 Å². The van der Waals surface area contributed by atoms with Gasteiger partial charge in [0.15, 0.2) is 5.13 Å². The summed E-state index contributed by atoms with van der Waals surface area (Å²) in [4.78, 5) is 31.3. The van der Waals surface area contributed by atoms with E-state index in [2.05, 4.69) is 10.3 Å². The van der Waals surface area contributed by atoms with E-state index in [1.807, 2.05) is 73.0 Å². The molecule has 3 aliphatic carbocycles. The normalized spacial score (nSPS) is 22.8. The Hall–Kier alpha value is -4.43. The summed E-state index contributed by atoms with van der Waals surface area (Å²) >= 11 is 1.27. The molecule has 0 saturated heterocycles. The summed E-state index contributed by atoms with van der Waals surface area (Å²) in [6.45, 7) is 1.82. The number of nitro groups is 1. The predicted octanol–water partition coefficient (Wildman–Crippen LogP) is 7.12. The first-order valence-electron chi connectivity index (χ1n) is 12.6. The third kappa shape index (κ3) is 3.18. The van der Waals surface area contributed by atoms with E-state index in [1.165, 1.54) is 17.4 Å². The van der Waals surface area contributed by atoms with Crippen LogP contribution in [0.5, 0.6) is 0 Å². The lowest BCUT2D eigenvalue weighted by molar-refractivity contribution is -0.573. The molecule has 1 unspecified atom stereocenters. The maximum Gasteiger partial charge on any atom is 0.273 e. The van der Waals surface area contributed by atoms with Gasteiger partial charge in [-0.3, -0.25) is 14.9 Å². The average Bonchev–Trinajstić information content (AvgIpc) is 3.41. The number of hydrogen-bond donors (Lipinski definition) is 1. The van der Waals surface area contributed by atoms with Crippen LogP contribution in [0.15, 0.2) is 90.3 Å². The smallest absolute Gasteiger partial charge is 0.273 e. The quantitative estimate of drug-likeness (QED) is 0.196. The van der Waals surface area contributed by atoms with Crippen LogP contribution in [-0.2, 0) is 10.3 Å². The highest BCUT2D eigenvalue weighted by atomic mass is 32.1. The molecule has 1 amide bonds. The van der Waals surface area contributed by atoms with E-state index in [-0.39, 0.29) is 29.0 Å². The molecule has 0 saturated carbocycles. The molecule has 4 aromatic carbocycles. The molecule has 6 nitrogen and oxygen atoms in total. The van der Waals surface area contributed by atoms with E-state index in [0.717, 1.165) is 22.1 Å². The highest BCUT2D eigenvalue weighted by molar-refractivity contribution is 7.14. The molecule has 39 heavy (non-hydrogen) atoms. The number of hydrogen-bond acceptors (Lipinski definition) is 5. The molecule has 1 N–H and O–H groups in total. The van der Waals surface area contributed by atoms with E-state index >= 15 is 0 Å². The van der Waals surface area contributed by atoms with Crippen molar-refractivity contribution in [2.24, 2.45) is 5.41 Å². The number of carbonyl (C=O) groups excluding carboxylic acids is 1. The van der Waals surface area contributed by atoms with Gasteiger partial charge in [0.05, 0.1) is 11.1 Å². The second kappa shape index (κ2) is 8.28. The number of anilines is 1. The van der Waals surface area contributed by atoms with Gasteiger partial charge in [-0.2, -0.15) is 0 Å². The van der Waals surface area contributed by atoms with Gasteiger partial charge in [0.1, 0.15) is 5.82 Å². The van der Waals surface area contributed by atoms with Crippen molar-refractivity contribution < 1.29 is 14.1 Å². The first-order chi connectivity index (χ1) is 18.8. The van der Waals surface area contributed by atoms with Crippen LogP contribution in [0.2, 0.25) is 0 Å². The van der Waals surface area contributed by atoms with E-state index in [4.69, 9.17) is 0 Å². The molecule has 192 valence electrons. The van der Waals surface area contributed by atoms with Gasteiger partial charge in [0, 0.05) is 44.7 Å². The highest BCUT2D eigenvalue weighted by Crippen LogP contribution is 2.64. The van der Waals surface area contributed by atoms with Crippen molar-refractivity contribution in [3.63, 3.8) is 0 Å². The van der Waals surface area contributed by atoms with Crippen LogP contribution in [-0.4, -0.2) is 15.8 Å². The zero-order valence-electron chi connectivity index (χ0n) is 20.9. The van der Waals surface area contributed by atoms with Crippen molar-refractivity contribution in [1.82, 2.24) is 4.98 Å². The Balaban J connectivity index is 1.29. The summed E-state index contributed by atoms with van der Waals surface area (Å²) in [6.07, 6.45) is 0.0400. The molecule has 1 heterocycles. The number of nitrogens with zero attached hydrogens (tertiary/aromatic N) is 2. The molecule has 8 rings (SSSR count). The number of halogens is 1. The average molecular weight is 536 g/mol. The van der Waals surface area contributed by atoms with Crippen LogP contribution in [0.3, 0.4) is 0 Å². The minimum atomic E-state index is -1.52. The van der Waals surface area contributed by atoms with Crippen LogP contribution < -0.4 is 5.32 Å². The molecule has 2 bridgehead atoms. The lowest BCUT2D eigenvalue weighted by atomic mass is 9.49. The molecule has 8 heteroatoms. The lowest BCUT2D eigenvalue weighted by Crippen LogP contribution is -2.57. The Morgan fingerprint density at radius 2 is 1.59 bits per heavy atom. The summed E-state index contributed by atoms with van der Waals surface area (Å²) in [5, 5.41) is 19.3. The minimum absolute atomic E-state index is 0.0400. The third-order valence-electron chi connectivity index (χ3n) is 8.40. The molecular weight excluding hydrogens is 513 g/mol. The fourth-order valence-corrected chi connectivity index (χ4v) is 7.43. The maximum atomic E-state index is 14.4. The molecule has 3 aliphatic rings. The van der Waals surface area contributed by atoms with Crippen LogP contribution in [0.1, 0.15) is 41.5 Å². The first kappa shape index (κ1) is 23.7. The van der Waals surface area contributed by atoms with Crippen molar-refractivity contribution >= 4 is 33.1 Å². The van der Waals surface area contributed by atoms with Gasteiger partial charge in [-0.05, 0) is 35.6 Å². The Labute approximate surface area is 227 Å². The Kier molecular flexibility index (Phi) is 5.03. The molecule has 0 fully saturated rings. The number of aromatic nitrogens is 1. The summed E-state index contributed by atoms with van der Waals surface area (Å²) in [5.74, 6) is -0.960. The number of rotatable bonds is 4. The predicted molar refractivity (Wildman–Crippen MR) is 149 cm³/mol. The highest BCUT2D eigenvalue weighted by Gasteiger charge is 2.67.